The highest BCUT2D eigenvalue weighted by Crippen LogP contribution is 2.22. The average Bonchev–Trinajstić information content (AvgIpc) is 3.23. The lowest BCUT2D eigenvalue weighted by Gasteiger charge is -2.31. The van der Waals surface area contributed by atoms with Crippen LogP contribution in [-0.2, 0) is 20.1 Å². The molecular formula is C19H26N6O. The van der Waals surface area contributed by atoms with Crippen molar-refractivity contribution in [2.45, 2.75) is 39.0 Å². The maximum absolute atomic E-state index is 9.56. The minimum absolute atomic E-state index is 0.557. The van der Waals surface area contributed by atoms with Crippen LogP contribution < -0.4 is 0 Å². The van der Waals surface area contributed by atoms with Crippen LogP contribution in [-0.4, -0.2) is 47.6 Å². The maximum Gasteiger partial charge on any atom is 0.123 e. The van der Waals surface area contributed by atoms with E-state index in [9.17, 15) is 5.11 Å². The molecule has 0 unspecified atom stereocenters. The summed E-state index contributed by atoms with van der Waals surface area (Å²) in [5, 5.41) is 17.7. The molecule has 4 rings (SSSR count). The number of imidazole rings is 1. The highest BCUT2D eigenvalue weighted by molar-refractivity contribution is 5.75. The number of aromatic nitrogens is 5. The first kappa shape index (κ1) is 17.2. The monoisotopic (exact) mass is 354 g/mol. The molecule has 1 saturated heterocycles. The van der Waals surface area contributed by atoms with E-state index < -0.39 is 6.10 Å². The molecule has 3 aromatic rings. The minimum atomic E-state index is -0.557. The Balaban J connectivity index is 1.33. The highest BCUT2D eigenvalue weighted by Gasteiger charge is 2.22. The number of aliphatic hydroxyl groups excluding tert-OH is 1. The molecule has 0 radical (unpaired) electrons. The Morgan fingerprint density at radius 3 is 2.69 bits per heavy atom. The van der Waals surface area contributed by atoms with Gasteiger partial charge in [-0.1, -0.05) is 17.3 Å². The molecule has 7 heteroatoms. The quantitative estimate of drug-likeness (QED) is 0.760. The van der Waals surface area contributed by atoms with Gasteiger partial charge in [-0.3, -0.25) is 9.58 Å². The fourth-order valence-electron chi connectivity index (χ4n) is 3.72. The summed E-state index contributed by atoms with van der Waals surface area (Å²) in [5.41, 5.74) is 2.90. The third-order valence-corrected chi connectivity index (χ3v) is 5.38. The molecule has 3 heterocycles. The standard InChI is InChI=1S/C19H26N6O/c1-14(26)17-12-25(22-21-17)11-15-7-9-24(10-8-15)13-19-20-16-5-3-4-6-18(16)23(19)2/h3-6,12,14-15,26H,7-11,13H2,1-2H3/t14-/m0/s1. The lowest BCUT2D eigenvalue weighted by molar-refractivity contribution is 0.160. The zero-order valence-corrected chi connectivity index (χ0v) is 15.4. The van der Waals surface area contributed by atoms with Crippen molar-refractivity contribution in [3.63, 3.8) is 0 Å². The van der Waals surface area contributed by atoms with E-state index in [0.29, 0.717) is 11.6 Å². The Hall–Kier alpha value is -2.25. The second kappa shape index (κ2) is 7.17. The average molecular weight is 354 g/mol. The Bertz CT molecular complexity index is 875. The summed E-state index contributed by atoms with van der Waals surface area (Å²) >= 11 is 0. The van der Waals surface area contributed by atoms with E-state index in [0.717, 1.165) is 50.4 Å². The summed E-state index contributed by atoms with van der Waals surface area (Å²) in [6, 6.07) is 8.30. The lowest BCUT2D eigenvalue weighted by Crippen LogP contribution is -2.35. The van der Waals surface area contributed by atoms with Gasteiger partial charge in [0, 0.05) is 13.6 Å². The molecule has 1 aliphatic heterocycles. The fraction of sp³-hybridized carbons (Fsp3) is 0.526. The zero-order chi connectivity index (χ0) is 18.1. The van der Waals surface area contributed by atoms with Crippen LogP contribution in [0.25, 0.3) is 11.0 Å². The first-order valence-electron chi connectivity index (χ1n) is 9.31. The summed E-state index contributed by atoms with van der Waals surface area (Å²) in [5.74, 6) is 1.73. The van der Waals surface area contributed by atoms with Crippen molar-refractivity contribution >= 4 is 11.0 Å². The summed E-state index contributed by atoms with van der Waals surface area (Å²) in [7, 11) is 2.10. The van der Waals surface area contributed by atoms with E-state index in [1.165, 1.54) is 5.52 Å². The number of aryl methyl sites for hydroxylation is 1. The predicted molar refractivity (Wildman–Crippen MR) is 99.4 cm³/mol. The number of aliphatic hydroxyl groups is 1. The first-order chi connectivity index (χ1) is 12.6. The van der Waals surface area contributed by atoms with E-state index in [1.807, 2.05) is 16.9 Å². The van der Waals surface area contributed by atoms with Crippen molar-refractivity contribution in [2.24, 2.45) is 13.0 Å². The van der Waals surface area contributed by atoms with E-state index in [1.54, 1.807) is 6.92 Å². The molecule has 7 nitrogen and oxygen atoms in total. The molecule has 0 amide bonds. The second-order valence-electron chi connectivity index (χ2n) is 7.34. The van der Waals surface area contributed by atoms with Crippen LogP contribution in [0.2, 0.25) is 0 Å². The van der Waals surface area contributed by atoms with Gasteiger partial charge in [0.25, 0.3) is 0 Å². The number of nitrogens with zero attached hydrogens (tertiary/aromatic N) is 6. The normalized spacial score (nSPS) is 17.8. The third-order valence-electron chi connectivity index (χ3n) is 5.38. The number of hydrogen-bond donors (Lipinski definition) is 1. The molecule has 1 aliphatic rings. The lowest BCUT2D eigenvalue weighted by atomic mass is 9.97. The van der Waals surface area contributed by atoms with Gasteiger partial charge in [-0.25, -0.2) is 4.98 Å². The molecule has 0 aliphatic carbocycles. The molecule has 1 atom stereocenters. The van der Waals surface area contributed by atoms with E-state index >= 15 is 0 Å². The number of para-hydroxylation sites is 2. The number of rotatable bonds is 5. The van der Waals surface area contributed by atoms with Gasteiger partial charge in [-0.2, -0.15) is 0 Å². The van der Waals surface area contributed by atoms with Crippen LogP contribution >= 0.6 is 0 Å². The number of hydrogen-bond acceptors (Lipinski definition) is 5. The maximum atomic E-state index is 9.56. The van der Waals surface area contributed by atoms with Gasteiger partial charge in [0.2, 0.25) is 0 Å². The number of fused-ring (bicyclic) bond motifs is 1. The van der Waals surface area contributed by atoms with Gasteiger partial charge < -0.3 is 9.67 Å². The molecule has 138 valence electrons. The number of piperidine rings is 1. The Morgan fingerprint density at radius 1 is 1.23 bits per heavy atom. The van der Waals surface area contributed by atoms with Crippen LogP contribution in [0.3, 0.4) is 0 Å². The zero-order valence-electron chi connectivity index (χ0n) is 15.4. The van der Waals surface area contributed by atoms with Crippen molar-refractivity contribution in [1.82, 2.24) is 29.4 Å². The summed E-state index contributed by atoms with van der Waals surface area (Å²) in [6.45, 7) is 5.64. The summed E-state index contributed by atoms with van der Waals surface area (Å²) < 4.78 is 4.07. The van der Waals surface area contributed by atoms with Crippen molar-refractivity contribution in [3.8, 4) is 0 Å². The van der Waals surface area contributed by atoms with E-state index in [-0.39, 0.29) is 0 Å². The van der Waals surface area contributed by atoms with Crippen LogP contribution in [0.15, 0.2) is 30.5 Å². The van der Waals surface area contributed by atoms with Gasteiger partial charge >= 0.3 is 0 Å². The van der Waals surface area contributed by atoms with Crippen LogP contribution in [0.1, 0.15) is 37.4 Å². The van der Waals surface area contributed by atoms with Gasteiger partial charge in [-0.15, -0.1) is 5.10 Å². The van der Waals surface area contributed by atoms with Crippen molar-refractivity contribution in [2.75, 3.05) is 13.1 Å². The summed E-state index contributed by atoms with van der Waals surface area (Å²) in [4.78, 5) is 7.27. The van der Waals surface area contributed by atoms with Crippen molar-refractivity contribution < 1.29 is 5.11 Å². The smallest absolute Gasteiger partial charge is 0.123 e. The van der Waals surface area contributed by atoms with Crippen molar-refractivity contribution in [1.29, 1.82) is 0 Å². The highest BCUT2D eigenvalue weighted by atomic mass is 16.3. The SMILES string of the molecule is C[C@H](O)c1cn(CC2CCN(Cc3nc4ccccc4n3C)CC2)nn1. The molecule has 2 aromatic heterocycles. The predicted octanol–water partition coefficient (Wildman–Crippen LogP) is 2.13. The topological polar surface area (TPSA) is 72.0 Å². The molecule has 1 fully saturated rings. The van der Waals surface area contributed by atoms with Crippen LogP contribution in [0.5, 0.6) is 0 Å². The Morgan fingerprint density at radius 2 is 2.00 bits per heavy atom. The Labute approximate surface area is 153 Å². The molecular weight excluding hydrogens is 328 g/mol. The minimum Gasteiger partial charge on any atom is -0.387 e. The Kier molecular flexibility index (Phi) is 4.74. The third kappa shape index (κ3) is 3.50. The molecule has 0 bridgehead atoms. The molecule has 1 N–H and O–H groups in total. The van der Waals surface area contributed by atoms with Gasteiger partial charge in [0.05, 0.1) is 29.9 Å². The van der Waals surface area contributed by atoms with Crippen LogP contribution in [0.4, 0.5) is 0 Å². The molecule has 0 saturated carbocycles. The van der Waals surface area contributed by atoms with Crippen LogP contribution in [0, 0.1) is 5.92 Å². The summed E-state index contributed by atoms with van der Waals surface area (Å²) in [6.07, 6.45) is 3.59. The molecule has 1 aromatic carbocycles. The van der Waals surface area contributed by atoms with Gasteiger partial charge in [0.1, 0.15) is 11.5 Å². The number of likely N-dealkylation sites (tertiary alicyclic amines) is 1. The fourth-order valence-corrected chi connectivity index (χ4v) is 3.72. The number of benzene rings is 1. The first-order valence-corrected chi connectivity index (χ1v) is 9.31. The van der Waals surface area contributed by atoms with E-state index in [4.69, 9.17) is 4.98 Å². The van der Waals surface area contributed by atoms with E-state index in [2.05, 4.69) is 45.0 Å². The van der Waals surface area contributed by atoms with Gasteiger partial charge in [-0.05, 0) is 50.9 Å². The molecule has 26 heavy (non-hydrogen) atoms. The van der Waals surface area contributed by atoms with Crippen molar-refractivity contribution in [3.05, 3.63) is 42.0 Å². The van der Waals surface area contributed by atoms with Gasteiger partial charge in [0.15, 0.2) is 0 Å². The largest absolute Gasteiger partial charge is 0.387 e. The second-order valence-corrected chi connectivity index (χ2v) is 7.34. The molecule has 0 spiro atoms.